The second kappa shape index (κ2) is 6.96. The molecule has 1 aromatic heterocycles. The summed E-state index contributed by atoms with van der Waals surface area (Å²) in [4.78, 5) is 17.6. The van der Waals surface area contributed by atoms with Gasteiger partial charge in [-0.2, -0.15) is 4.99 Å². The molecule has 126 valence electrons. The molecule has 25 heavy (non-hydrogen) atoms. The maximum Gasteiger partial charge on any atom is 0.283 e. The Labute approximate surface area is 150 Å². The first kappa shape index (κ1) is 17.0. The van der Waals surface area contributed by atoms with E-state index in [2.05, 4.69) is 36.9 Å². The maximum absolute atomic E-state index is 12.7. The Bertz CT molecular complexity index is 1070. The van der Waals surface area contributed by atoms with Crippen molar-refractivity contribution in [1.29, 1.82) is 0 Å². The van der Waals surface area contributed by atoms with Crippen molar-refractivity contribution in [2.45, 2.75) is 20.4 Å². The van der Waals surface area contributed by atoms with Crippen LogP contribution in [0.1, 0.15) is 21.5 Å². The van der Waals surface area contributed by atoms with Crippen LogP contribution in [-0.2, 0) is 6.54 Å². The first-order valence-electron chi connectivity index (χ1n) is 7.81. The van der Waals surface area contributed by atoms with Crippen molar-refractivity contribution in [3.05, 3.63) is 57.9 Å². The van der Waals surface area contributed by atoms with E-state index >= 15 is 0 Å². The van der Waals surface area contributed by atoms with E-state index in [1.165, 1.54) is 29.6 Å². The molecular weight excluding hydrogens is 332 g/mol. The number of aromatic nitrogens is 1. The number of nitrogens with zero attached hydrogens (tertiary/aromatic N) is 2. The SMILES string of the molecule is C#CCn1c(=NC(=O)c2ccccc2OC)sc2cc(C)c(C)cc21. The predicted molar refractivity (Wildman–Crippen MR) is 101 cm³/mol. The second-order valence-corrected chi connectivity index (χ2v) is 6.71. The lowest BCUT2D eigenvalue weighted by molar-refractivity contribution is 0.0995. The average Bonchev–Trinajstić information content (AvgIpc) is 2.92. The molecule has 0 unspecified atom stereocenters. The van der Waals surface area contributed by atoms with Gasteiger partial charge in [-0.15, -0.1) is 6.42 Å². The van der Waals surface area contributed by atoms with Gasteiger partial charge in [0.1, 0.15) is 5.75 Å². The highest BCUT2D eigenvalue weighted by Gasteiger charge is 2.13. The van der Waals surface area contributed by atoms with E-state index < -0.39 is 0 Å². The van der Waals surface area contributed by atoms with Crippen molar-refractivity contribution in [1.82, 2.24) is 4.57 Å². The van der Waals surface area contributed by atoms with Gasteiger partial charge in [0.2, 0.25) is 0 Å². The summed E-state index contributed by atoms with van der Waals surface area (Å²) in [6.07, 6.45) is 5.52. The Morgan fingerprint density at radius 2 is 2.00 bits per heavy atom. The van der Waals surface area contributed by atoms with Crippen LogP contribution in [0.3, 0.4) is 0 Å². The highest BCUT2D eigenvalue weighted by Crippen LogP contribution is 2.22. The standard InChI is InChI=1S/C20H18N2O2S/c1-5-10-22-16-11-13(2)14(3)12-18(16)25-20(22)21-19(23)15-8-6-7-9-17(15)24-4/h1,6-9,11-12H,10H2,2-4H3. The highest BCUT2D eigenvalue weighted by molar-refractivity contribution is 7.16. The fraction of sp³-hybridized carbons (Fsp3) is 0.200. The van der Waals surface area contributed by atoms with Crippen LogP contribution in [0.25, 0.3) is 10.2 Å². The van der Waals surface area contributed by atoms with Gasteiger partial charge in [0.15, 0.2) is 4.80 Å². The summed E-state index contributed by atoms with van der Waals surface area (Å²) in [6, 6.07) is 11.3. The Kier molecular flexibility index (Phi) is 4.73. The minimum atomic E-state index is -0.344. The first-order chi connectivity index (χ1) is 12.0. The molecule has 0 radical (unpaired) electrons. The number of aryl methyl sites for hydroxylation is 2. The molecule has 1 heterocycles. The number of thiazole rings is 1. The zero-order chi connectivity index (χ0) is 18.0. The van der Waals surface area contributed by atoms with E-state index in [-0.39, 0.29) is 5.91 Å². The number of carbonyl (C=O) groups is 1. The largest absolute Gasteiger partial charge is 0.496 e. The van der Waals surface area contributed by atoms with Crippen LogP contribution in [0.4, 0.5) is 0 Å². The first-order valence-corrected chi connectivity index (χ1v) is 8.63. The third-order valence-corrected chi connectivity index (χ3v) is 5.12. The number of amides is 1. The molecule has 3 rings (SSSR count). The second-order valence-electron chi connectivity index (χ2n) is 5.70. The molecule has 0 saturated heterocycles. The molecule has 2 aromatic carbocycles. The number of rotatable bonds is 3. The van der Waals surface area contributed by atoms with Gasteiger partial charge in [0.05, 0.1) is 29.4 Å². The average molecular weight is 350 g/mol. The van der Waals surface area contributed by atoms with Crippen molar-refractivity contribution in [2.75, 3.05) is 7.11 Å². The summed E-state index contributed by atoms with van der Waals surface area (Å²) in [7, 11) is 1.54. The van der Waals surface area contributed by atoms with Crippen molar-refractivity contribution < 1.29 is 9.53 Å². The molecule has 0 saturated carbocycles. The van der Waals surface area contributed by atoms with Crippen molar-refractivity contribution >= 4 is 27.5 Å². The number of hydrogen-bond acceptors (Lipinski definition) is 3. The summed E-state index contributed by atoms with van der Waals surface area (Å²) in [5.41, 5.74) is 3.81. The van der Waals surface area contributed by atoms with E-state index in [0.717, 1.165) is 10.2 Å². The van der Waals surface area contributed by atoms with E-state index in [4.69, 9.17) is 11.2 Å². The summed E-state index contributed by atoms with van der Waals surface area (Å²) in [5, 5.41) is 0. The van der Waals surface area contributed by atoms with E-state index in [1.807, 2.05) is 10.6 Å². The number of benzene rings is 2. The Morgan fingerprint density at radius 1 is 1.28 bits per heavy atom. The van der Waals surface area contributed by atoms with Crippen LogP contribution < -0.4 is 9.54 Å². The van der Waals surface area contributed by atoms with Crippen LogP contribution in [0.2, 0.25) is 0 Å². The third kappa shape index (κ3) is 3.21. The lowest BCUT2D eigenvalue weighted by Gasteiger charge is -2.04. The molecule has 0 bridgehead atoms. The minimum absolute atomic E-state index is 0.344. The van der Waals surface area contributed by atoms with E-state index in [0.29, 0.717) is 22.7 Å². The Balaban J connectivity index is 2.20. The molecule has 0 spiro atoms. The normalized spacial score (nSPS) is 11.5. The molecule has 0 aliphatic rings. The van der Waals surface area contributed by atoms with Crippen LogP contribution in [0.5, 0.6) is 5.75 Å². The zero-order valence-electron chi connectivity index (χ0n) is 14.4. The molecule has 0 aliphatic carbocycles. The van der Waals surface area contributed by atoms with Crippen molar-refractivity contribution in [2.24, 2.45) is 4.99 Å². The lowest BCUT2D eigenvalue weighted by Crippen LogP contribution is -2.16. The minimum Gasteiger partial charge on any atom is -0.496 e. The van der Waals surface area contributed by atoms with Crippen LogP contribution in [0, 0.1) is 26.2 Å². The van der Waals surface area contributed by atoms with Gasteiger partial charge in [-0.1, -0.05) is 29.4 Å². The van der Waals surface area contributed by atoms with Gasteiger partial charge in [0.25, 0.3) is 5.91 Å². The van der Waals surface area contributed by atoms with E-state index in [9.17, 15) is 4.79 Å². The van der Waals surface area contributed by atoms with Gasteiger partial charge in [-0.3, -0.25) is 4.79 Å². The van der Waals surface area contributed by atoms with Gasteiger partial charge in [-0.25, -0.2) is 0 Å². The molecule has 0 aliphatic heterocycles. The fourth-order valence-corrected chi connectivity index (χ4v) is 3.73. The zero-order valence-corrected chi connectivity index (χ0v) is 15.2. The monoisotopic (exact) mass is 350 g/mol. The predicted octanol–water partition coefficient (Wildman–Crippen LogP) is 3.70. The Hall–Kier alpha value is -2.84. The van der Waals surface area contributed by atoms with Gasteiger partial charge in [-0.05, 0) is 49.2 Å². The smallest absolute Gasteiger partial charge is 0.283 e. The number of ether oxygens (including phenoxy) is 1. The molecule has 4 nitrogen and oxygen atoms in total. The number of terminal acetylenes is 1. The quantitative estimate of drug-likeness (QED) is 0.676. The summed E-state index contributed by atoms with van der Waals surface area (Å²) < 4.78 is 8.22. The number of para-hydroxylation sites is 1. The molecule has 0 N–H and O–H groups in total. The maximum atomic E-state index is 12.7. The third-order valence-electron chi connectivity index (χ3n) is 4.08. The summed E-state index contributed by atoms with van der Waals surface area (Å²) in [6.45, 7) is 4.49. The fourth-order valence-electron chi connectivity index (χ4n) is 2.62. The number of carbonyl (C=O) groups excluding carboxylic acids is 1. The van der Waals surface area contributed by atoms with Crippen molar-refractivity contribution in [3.63, 3.8) is 0 Å². The molecule has 0 fully saturated rings. The van der Waals surface area contributed by atoms with Crippen LogP contribution >= 0.6 is 11.3 Å². The molecule has 5 heteroatoms. The number of methoxy groups -OCH3 is 1. The summed E-state index contributed by atoms with van der Waals surface area (Å²) in [5.74, 6) is 2.81. The number of hydrogen-bond donors (Lipinski definition) is 0. The topological polar surface area (TPSA) is 43.6 Å². The highest BCUT2D eigenvalue weighted by atomic mass is 32.1. The summed E-state index contributed by atoms with van der Waals surface area (Å²) >= 11 is 1.46. The van der Waals surface area contributed by atoms with Gasteiger partial charge >= 0.3 is 0 Å². The number of fused-ring (bicyclic) bond motifs is 1. The van der Waals surface area contributed by atoms with Crippen LogP contribution in [-0.4, -0.2) is 17.6 Å². The molecule has 0 atom stereocenters. The Morgan fingerprint density at radius 3 is 2.72 bits per heavy atom. The molecule has 1 amide bonds. The van der Waals surface area contributed by atoms with Gasteiger partial charge in [0, 0.05) is 0 Å². The van der Waals surface area contributed by atoms with Crippen molar-refractivity contribution in [3.8, 4) is 18.1 Å². The van der Waals surface area contributed by atoms with Crippen LogP contribution in [0.15, 0.2) is 41.4 Å². The lowest BCUT2D eigenvalue weighted by atomic mass is 10.1. The van der Waals surface area contributed by atoms with E-state index in [1.54, 1.807) is 18.2 Å². The molecular formula is C20H18N2O2S. The van der Waals surface area contributed by atoms with Gasteiger partial charge < -0.3 is 9.30 Å². The molecule has 3 aromatic rings.